The van der Waals surface area contributed by atoms with Crippen molar-refractivity contribution in [2.24, 2.45) is 22.6 Å². The summed E-state index contributed by atoms with van der Waals surface area (Å²) in [6, 6.07) is 14.2. The fourth-order valence-electron chi connectivity index (χ4n) is 6.45. The number of halogens is 2. The molecule has 1 amide bonds. The molecule has 44 heavy (non-hydrogen) atoms. The van der Waals surface area contributed by atoms with Gasteiger partial charge in [-0.2, -0.15) is 9.98 Å². The fraction of sp³-hybridized carbons (Fsp3) is 0.406. The van der Waals surface area contributed by atoms with Crippen LogP contribution >= 0.6 is 11.6 Å². The first-order chi connectivity index (χ1) is 21.3. The number of anilines is 1. The number of carbonyl (C=O) groups is 1. The predicted octanol–water partition coefficient (Wildman–Crippen LogP) is 6.46. The highest BCUT2D eigenvalue weighted by molar-refractivity contribution is 6.30. The number of nitrogens with two attached hydrogens (primary N) is 1. The molecule has 1 saturated heterocycles. The number of benzene rings is 2. The fourth-order valence-corrected chi connectivity index (χ4v) is 6.67. The molecule has 1 aliphatic carbocycles. The van der Waals surface area contributed by atoms with E-state index in [0.717, 1.165) is 24.3 Å². The molecule has 2 fully saturated rings. The Labute approximate surface area is 259 Å². The summed E-state index contributed by atoms with van der Waals surface area (Å²) in [6.07, 6.45) is 4.21. The van der Waals surface area contributed by atoms with Gasteiger partial charge in [0.1, 0.15) is 17.0 Å². The second kappa shape index (κ2) is 12.9. The molecule has 2 aromatic heterocycles. The molecule has 1 saturated carbocycles. The molecule has 0 spiro atoms. The van der Waals surface area contributed by atoms with Crippen LogP contribution in [-0.4, -0.2) is 56.3 Å². The van der Waals surface area contributed by atoms with Gasteiger partial charge in [0.25, 0.3) is 0 Å². The number of amides is 1. The summed E-state index contributed by atoms with van der Waals surface area (Å²) in [4.78, 5) is 31.3. The zero-order valence-corrected chi connectivity index (χ0v) is 25.3. The van der Waals surface area contributed by atoms with E-state index < -0.39 is 11.9 Å². The molecule has 4 aromatic rings. The van der Waals surface area contributed by atoms with Crippen molar-refractivity contribution in [2.75, 3.05) is 24.7 Å². The van der Waals surface area contributed by atoms with Gasteiger partial charge in [-0.05, 0) is 48.4 Å². The van der Waals surface area contributed by atoms with Crippen molar-refractivity contribution >= 4 is 40.6 Å². The minimum atomic E-state index is -1.48. The van der Waals surface area contributed by atoms with E-state index in [9.17, 15) is 14.3 Å². The van der Waals surface area contributed by atoms with E-state index in [4.69, 9.17) is 27.1 Å². The highest BCUT2D eigenvalue weighted by Gasteiger charge is 2.32. The van der Waals surface area contributed by atoms with Crippen molar-refractivity contribution in [2.45, 2.75) is 51.6 Å². The maximum atomic E-state index is 14.7. The van der Waals surface area contributed by atoms with Crippen LogP contribution in [0.5, 0.6) is 0 Å². The Kier molecular flexibility index (Phi) is 8.76. The van der Waals surface area contributed by atoms with E-state index in [2.05, 4.69) is 43.5 Å². The van der Waals surface area contributed by atoms with Crippen LogP contribution in [0.25, 0.3) is 22.4 Å². The lowest BCUT2D eigenvalue weighted by atomic mass is 9.81. The number of carboxylic acid groups (broad SMARTS) is 1. The molecular formula is C32H35ClFN7O3. The molecule has 1 atom stereocenters. The highest BCUT2D eigenvalue weighted by atomic mass is 35.5. The zero-order chi connectivity index (χ0) is 30.8. The number of nitrogens with zero attached hydrogens (tertiary/aromatic N) is 6. The Bertz CT molecular complexity index is 1670. The maximum Gasteiger partial charge on any atom is 0.433 e. The third kappa shape index (κ3) is 6.25. The van der Waals surface area contributed by atoms with Gasteiger partial charge in [0.15, 0.2) is 17.3 Å². The Balaban J connectivity index is 1.58. The zero-order valence-electron chi connectivity index (χ0n) is 24.5. The Morgan fingerprint density at radius 3 is 2.57 bits per heavy atom. The average molecular weight is 620 g/mol. The molecule has 2 aromatic carbocycles. The third-order valence-electron chi connectivity index (χ3n) is 8.72. The first-order valence-electron chi connectivity index (χ1n) is 15.0. The lowest BCUT2D eigenvalue weighted by molar-refractivity contribution is 0.0927. The molecule has 12 heteroatoms. The lowest BCUT2D eigenvalue weighted by Gasteiger charge is -2.37. The molecular weight excluding hydrogens is 585 g/mol. The molecule has 1 unspecified atom stereocenters. The van der Waals surface area contributed by atoms with Crippen molar-refractivity contribution < 1.29 is 19.0 Å². The average Bonchev–Trinajstić information content (AvgIpc) is 3.38. The molecule has 0 radical (unpaired) electrons. The second-order valence-corrected chi connectivity index (χ2v) is 12.0. The summed E-state index contributed by atoms with van der Waals surface area (Å²) in [5, 5.41) is 9.46. The van der Waals surface area contributed by atoms with E-state index in [1.807, 2.05) is 18.2 Å². The number of aromatic nitrogens is 4. The minimum Gasteiger partial charge on any atom is -0.463 e. The van der Waals surface area contributed by atoms with Gasteiger partial charge in [0.2, 0.25) is 5.95 Å². The Morgan fingerprint density at radius 1 is 1.11 bits per heavy atom. The Morgan fingerprint density at radius 2 is 1.86 bits per heavy atom. The van der Waals surface area contributed by atoms with Crippen molar-refractivity contribution in [1.82, 2.24) is 19.5 Å². The van der Waals surface area contributed by atoms with E-state index in [-0.39, 0.29) is 22.7 Å². The van der Waals surface area contributed by atoms with Gasteiger partial charge in [-0.3, -0.25) is 0 Å². The first-order valence-corrected chi connectivity index (χ1v) is 15.4. The molecule has 10 nitrogen and oxygen atoms in total. The van der Waals surface area contributed by atoms with E-state index in [0.29, 0.717) is 60.6 Å². The summed E-state index contributed by atoms with van der Waals surface area (Å²) in [6.45, 7) is 4.51. The summed E-state index contributed by atoms with van der Waals surface area (Å²) in [5.41, 5.74) is 8.79. The molecule has 230 valence electrons. The van der Waals surface area contributed by atoms with Crippen LogP contribution in [0.2, 0.25) is 5.02 Å². The standard InChI is InChI=1S/C32H35ClFN7O3/c1-2-19-8-10-20(11-9-19)17-41-27-26(22-14-23(33)16-24(34)15-22)36-30(28(35)37-32(42)43)38-29(27)39-31(41)40-12-13-44-18-25(40)21-6-4-3-5-7-21/h3-7,14-16,19-20,25H,2,8-13,17-18H2,1H3,(H2,35,37)(H,42,43). The number of rotatable bonds is 7. The van der Waals surface area contributed by atoms with Crippen molar-refractivity contribution in [1.29, 1.82) is 0 Å². The molecule has 6 rings (SSSR count). The maximum absolute atomic E-state index is 14.7. The van der Waals surface area contributed by atoms with Gasteiger partial charge in [0.05, 0.1) is 19.3 Å². The highest BCUT2D eigenvalue weighted by Crippen LogP contribution is 2.38. The molecule has 1 aliphatic heterocycles. The van der Waals surface area contributed by atoms with Gasteiger partial charge in [-0.25, -0.2) is 19.2 Å². The normalized spacial score (nSPS) is 21.1. The third-order valence-corrected chi connectivity index (χ3v) is 8.94. The molecule has 3 heterocycles. The number of imidazole rings is 1. The number of fused-ring (bicyclic) bond motifs is 1. The van der Waals surface area contributed by atoms with Crippen LogP contribution in [0.3, 0.4) is 0 Å². The number of ether oxygens (including phenoxy) is 1. The van der Waals surface area contributed by atoms with Crippen LogP contribution in [0.1, 0.15) is 56.5 Å². The minimum absolute atomic E-state index is 0.102. The number of amidine groups is 1. The van der Waals surface area contributed by atoms with Gasteiger partial charge in [-0.15, -0.1) is 0 Å². The summed E-state index contributed by atoms with van der Waals surface area (Å²) >= 11 is 6.30. The van der Waals surface area contributed by atoms with Gasteiger partial charge < -0.3 is 25.0 Å². The number of aliphatic imine (C=N–C) groups is 1. The van der Waals surface area contributed by atoms with Crippen LogP contribution in [0.4, 0.5) is 15.1 Å². The van der Waals surface area contributed by atoms with E-state index in [1.165, 1.54) is 31.4 Å². The van der Waals surface area contributed by atoms with Gasteiger partial charge in [0, 0.05) is 23.7 Å². The SMILES string of the molecule is CCC1CCC(Cn2c(N3CCOCC3c3ccccc3)nc3nc(C(N)=NC(=O)O)nc(-c4cc(F)cc(Cl)c4)c32)CC1. The predicted molar refractivity (Wildman–Crippen MR) is 168 cm³/mol. The smallest absolute Gasteiger partial charge is 0.433 e. The van der Waals surface area contributed by atoms with Crippen LogP contribution < -0.4 is 10.6 Å². The van der Waals surface area contributed by atoms with Crippen molar-refractivity contribution in [3.8, 4) is 11.3 Å². The molecule has 0 bridgehead atoms. The topological polar surface area (TPSA) is 132 Å². The van der Waals surface area contributed by atoms with E-state index in [1.54, 1.807) is 6.07 Å². The number of hydrogen-bond acceptors (Lipinski definition) is 6. The number of hydrogen-bond donors (Lipinski definition) is 2. The monoisotopic (exact) mass is 619 g/mol. The first kappa shape index (κ1) is 30.0. The molecule has 2 aliphatic rings. The van der Waals surface area contributed by atoms with Crippen LogP contribution in [0, 0.1) is 17.7 Å². The van der Waals surface area contributed by atoms with Gasteiger partial charge >= 0.3 is 6.09 Å². The van der Waals surface area contributed by atoms with E-state index >= 15 is 0 Å². The summed E-state index contributed by atoms with van der Waals surface area (Å²) in [7, 11) is 0. The van der Waals surface area contributed by atoms with Crippen molar-refractivity contribution in [3.63, 3.8) is 0 Å². The van der Waals surface area contributed by atoms with Crippen LogP contribution in [-0.2, 0) is 11.3 Å². The Hall–Kier alpha value is -4.09. The van der Waals surface area contributed by atoms with Gasteiger partial charge in [-0.1, -0.05) is 68.1 Å². The summed E-state index contributed by atoms with van der Waals surface area (Å²) < 4.78 is 22.8. The number of morpholine rings is 1. The summed E-state index contributed by atoms with van der Waals surface area (Å²) in [5.74, 6) is 0.794. The molecule has 3 N–H and O–H groups in total. The second-order valence-electron chi connectivity index (χ2n) is 11.5. The quantitative estimate of drug-likeness (QED) is 0.178. The van der Waals surface area contributed by atoms with Crippen LogP contribution in [0.15, 0.2) is 53.5 Å². The van der Waals surface area contributed by atoms with Crippen molar-refractivity contribution in [3.05, 3.63) is 70.8 Å². The lowest BCUT2D eigenvalue weighted by Crippen LogP contribution is -2.41. The largest absolute Gasteiger partial charge is 0.463 e.